The van der Waals surface area contributed by atoms with Gasteiger partial charge in [0.05, 0.1) is 11.7 Å². The van der Waals surface area contributed by atoms with Crippen molar-refractivity contribution in [3.63, 3.8) is 0 Å². The van der Waals surface area contributed by atoms with Crippen LogP contribution in [0, 0.1) is 13.8 Å². The minimum atomic E-state index is -0.661. The first-order chi connectivity index (χ1) is 12.3. The van der Waals surface area contributed by atoms with Crippen molar-refractivity contribution in [3.8, 4) is 0 Å². The summed E-state index contributed by atoms with van der Waals surface area (Å²) in [5.74, 6) is -0.568. The van der Waals surface area contributed by atoms with Crippen LogP contribution in [0.3, 0.4) is 0 Å². The average Bonchev–Trinajstić information content (AvgIpc) is 3.20. The summed E-state index contributed by atoms with van der Waals surface area (Å²) in [6.45, 7) is 6.06. The van der Waals surface area contributed by atoms with E-state index < -0.39 is 18.0 Å². The Morgan fingerprint density at radius 1 is 1.42 bits per heavy atom. The number of hydrogen-bond acceptors (Lipinski definition) is 6. The molecule has 0 aromatic carbocycles. The Morgan fingerprint density at radius 2 is 2.19 bits per heavy atom. The van der Waals surface area contributed by atoms with Gasteiger partial charge in [-0.2, -0.15) is 0 Å². The molecule has 1 saturated heterocycles. The Bertz CT molecular complexity index is 858. The van der Waals surface area contributed by atoms with Crippen molar-refractivity contribution in [2.24, 2.45) is 0 Å². The third kappa shape index (κ3) is 4.07. The zero-order chi connectivity index (χ0) is 18.8. The first-order valence-corrected chi connectivity index (χ1v) is 9.00. The minimum Gasteiger partial charge on any atom is -0.348 e. The van der Waals surface area contributed by atoms with Gasteiger partial charge in [-0.15, -0.1) is 16.4 Å². The van der Waals surface area contributed by atoms with Gasteiger partial charge < -0.3 is 10.6 Å². The molecule has 1 aliphatic heterocycles. The molecule has 2 aromatic heterocycles. The molecule has 1 aliphatic rings. The third-order valence-electron chi connectivity index (χ3n) is 4.09. The minimum absolute atomic E-state index is 0.0305. The number of aryl methyl sites for hydroxylation is 2. The third-order valence-corrected chi connectivity index (χ3v) is 5.07. The van der Waals surface area contributed by atoms with Crippen LogP contribution in [-0.2, 0) is 22.6 Å². The second-order valence-electron chi connectivity index (χ2n) is 6.28. The van der Waals surface area contributed by atoms with Crippen molar-refractivity contribution >= 4 is 29.2 Å². The van der Waals surface area contributed by atoms with E-state index in [0.29, 0.717) is 5.69 Å². The number of rotatable bonds is 6. The van der Waals surface area contributed by atoms with Crippen molar-refractivity contribution in [1.29, 1.82) is 0 Å². The van der Waals surface area contributed by atoms with E-state index in [1.807, 2.05) is 20.8 Å². The van der Waals surface area contributed by atoms with Crippen LogP contribution in [0.15, 0.2) is 12.3 Å². The van der Waals surface area contributed by atoms with Crippen LogP contribution in [0.2, 0.25) is 0 Å². The van der Waals surface area contributed by atoms with E-state index in [9.17, 15) is 14.4 Å². The first-order valence-electron chi connectivity index (χ1n) is 8.18. The quantitative estimate of drug-likeness (QED) is 0.638. The SMILES string of the molecule is Cc1cc([C@@H](C)NC(=O)Cn2cc(C[C@@H]3NC(=O)NC3=O)nn2)c(C)s1. The van der Waals surface area contributed by atoms with Crippen molar-refractivity contribution in [1.82, 2.24) is 30.9 Å². The predicted octanol–water partition coefficient (Wildman–Crippen LogP) is 0.584. The first kappa shape index (κ1) is 18.1. The zero-order valence-corrected chi connectivity index (χ0v) is 15.5. The number of aromatic nitrogens is 3. The molecule has 2 atom stereocenters. The number of carbonyl (C=O) groups excluding carboxylic acids is 3. The lowest BCUT2D eigenvalue weighted by Gasteiger charge is -2.13. The fourth-order valence-corrected chi connectivity index (χ4v) is 3.94. The summed E-state index contributed by atoms with van der Waals surface area (Å²) in [4.78, 5) is 37.3. The number of nitrogens with one attached hydrogen (secondary N) is 3. The molecule has 0 spiro atoms. The number of thiophene rings is 1. The summed E-state index contributed by atoms with van der Waals surface area (Å²) < 4.78 is 1.41. The molecule has 0 aliphatic carbocycles. The van der Waals surface area contributed by atoms with Gasteiger partial charge in [0, 0.05) is 22.4 Å². The Balaban J connectivity index is 1.55. The van der Waals surface area contributed by atoms with E-state index in [-0.39, 0.29) is 24.9 Å². The summed E-state index contributed by atoms with van der Waals surface area (Å²) >= 11 is 1.71. The highest BCUT2D eigenvalue weighted by atomic mass is 32.1. The highest BCUT2D eigenvalue weighted by Crippen LogP contribution is 2.26. The lowest BCUT2D eigenvalue weighted by atomic mass is 10.1. The van der Waals surface area contributed by atoms with Crippen LogP contribution in [0.25, 0.3) is 0 Å². The highest BCUT2D eigenvalue weighted by Gasteiger charge is 2.30. The predicted molar refractivity (Wildman–Crippen MR) is 94.5 cm³/mol. The molecule has 4 amide bonds. The smallest absolute Gasteiger partial charge is 0.322 e. The van der Waals surface area contributed by atoms with Crippen LogP contribution in [0.1, 0.15) is 34.0 Å². The average molecular weight is 376 g/mol. The molecule has 2 aromatic rings. The van der Waals surface area contributed by atoms with Gasteiger partial charge in [-0.25, -0.2) is 9.48 Å². The normalized spacial score (nSPS) is 17.7. The van der Waals surface area contributed by atoms with Crippen LogP contribution in [0.5, 0.6) is 0 Å². The summed E-state index contributed by atoms with van der Waals surface area (Å²) in [6.07, 6.45) is 1.82. The summed E-state index contributed by atoms with van der Waals surface area (Å²) in [5, 5.41) is 15.5. The number of hydrogen-bond donors (Lipinski definition) is 3. The molecule has 10 heteroatoms. The van der Waals surface area contributed by atoms with Crippen molar-refractivity contribution in [2.75, 3.05) is 0 Å². The molecule has 0 radical (unpaired) electrons. The Kier molecular flexibility index (Phi) is 5.03. The summed E-state index contributed by atoms with van der Waals surface area (Å²) in [7, 11) is 0. The van der Waals surface area contributed by atoms with E-state index >= 15 is 0 Å². The number of urea groups is 1. The molecule has 26 heavy (non-hydrogen) atoms. The van der Waals surface area contributed by atoms with E-state index in [4.69, 9.17) is 0 Å². The van der Waals surface area contributed by atoms with E-state index in [1.165, 1.54) is 14.4 Å². The molecule has 9 nitrogen and oxygen atoms in total. The molecule has 3 rings (SSSR count). The highest BCUT2D eigenvalue weighted by molar-refractivity contribution is 7.12. The van der Waals surface area contributed by atoms with Crippen molar-refractivity contribution in [2.45, 2.75) is 45.8 Å². The van der Waals surface area contributed by atoms with Crippen molar-refractivity contribution in [3.05, 3.63) is 33.3 Å². The maximum atomic E-state index is 12.2. The van der Waals surface area contributed by atoms with E-state index in [1.54, 1.807) is 17.5 Å². The van der Waals surface area contributed by atoms with Crippen LogP contribution < -0.4 is 16.0 Å². The summed E-state index contributed by atoms with van der Waals surface area (Å²) in [6, 6.07) is 0.818. The number of nitrogens with zero attached hydrogens (tertiary/aromatic N) is 3. The topological polar surface area (TPSA) is 118 Å². The van der Waals surface area contributed by atoms with Gasteiger partial charge >= 0.3 is 6.03 Å². The van der Waals surface area contributed by atoms with E-state index in [2.05, 4.69) is 32.3 Å². The molecule has 0 bridgehead atoms. The van der Waals surface area contributed by atoms with Gasteiger partial charge in [0.15, 0.2) is 0 Å². The number of amides is 4. The van der Waals surface area contributed by atoms with Crippen LogP contribution in [0.4, 0.5) is 4.79 Å². The van der Waals surface area contributed by atoms with E-state index in [0.717, 1.165) is 5.56 Å². The molecule has 3 heterocycles. The Hall–Kier alpha value is -2.75. The maximum absolute atomic E-state index is 12.2. The molecular weight excluding hydrogens is 356 g/mol. The Labute approximate surface area is 154 Å². The van der Waals surface area contributed by atoms with Gasteiger partial charge in [0.2, 0.25) is 5.91 Å². The molecule has 1 fully saturated rings. The second-order valence-corrected chi connectivity index (χ2v) is 7.75. The number of carbonyl (C=O) groups is 3. The van der Waals surface area contributed by atoms with Crippen molar-refractivity contribution < 1.29 is 14.4 Å². The summed E-state index contributed by atoms with van der Waals surface area (Å²) in [5.41, 5.74) is 1.64. The fourth-order valence-electron chi connectivity index (χ4n) is 2.91. The second kappa shape index (κ2) is 7.24. The monoisotopic (exact) mass is 376 g/mol. The van der Waals surface area contributed by atoms with Gasteiger partial charge in [-0.05, 0) is 32.4 Å². The van der Waals surface area contributed by atoms with Crippen LogP contribution >= 0.6 is 11.3 Å². The number of imide groups is 1. The molecule has 3 N–H and O–H groups in total. The van der Waals surface area contributed by atoms with Gasteiger partial charge in [0.1, 0.15) is 12.6 Å². The zero-order valence-electron chi connectivity index (χ0n) is 14.7. The standard InChI is InChI=1S/C16H20N6O3S/c1-8-4-12(10(3)26-8)9(2)17-14(23)7-22-6-11(20-21-22)5-13-15(24)19-16(25)18-13/h4,6,9,13H,5,7H2,1-3H3,(H,17,23)(H2,18,19,24,25)/t9-,13+/m1/s1. The molecule has 0 unspecified atom stereocenters. The van der Waals surface area contributed by atoms with Gasteiger partial charge in [0.25, 0.3) is 5.91 Å². The maximum Gasteiger partial charge on any atom is 0.322 e. The molecule has 138 valence electrons. The van der Waals surface area contributed by atoms with Crippen LogP contribution in [-0.4, -0.2) is 38.9 Å². The molecular formula is C16H20N6O3S. The van der Waals surface area contributed by atoms with Gasteiger partial charge in [-0.3, -0.25) is 14.9 Å². The van der Waals surface area contributed by atoms with Gasteiger partial charge in [-0.1, -0.05) is 5.21 Å². The Morgan fingerprint density at radius 3 is 2.81 bits per heavy atom. The lowest BCUT2D eigenvalue weighted by molar-refractivity contribution is -0.122. The molecule has 0 saturated carbocycles. The lowest BCUT2D eigenvalue weighted by Crippen LogP contribution is -2.31. The fraction of sp³-hybridized carbons (Fsp3) is 0.438. The largest absolute Gasteiger partial charge is 0.348 e.